The van der Waals surface area contributed by atoms with E-state index in [0.717, 1.165) is 10.9 Å². The minimum Gasteiger partial charge on any atom is -0.496 e. The van der Waals surface area contributed by atoms with E-state index in [1.807, 2.05) is 50.2 Å². The number of rotatable bonds is 3. The highest BCUT2D eigenvalue weighted by Crippen LogP contribution is 2.37. The SMILES string of the molecule is COc1ccccc1-c1c(N)c(=O)n(C(C)C)c2ncccc12. The Bertz CT molecular complexity index is 929. The van der Waals surface area contributed by atoms with Crippen molar-refractivity contribution in [2.75, 3.05) is 12.8 Å². The van der Waals surface area contributed by atoms with E-state index >= 15 is 0 Å². The molecular weight excluding hydrogens is 290 g/mol. The van der Waals surface area contributed by atoms with Crippen LogP contribution in [0.3, 0.4) is 0 Å². The number of anilines is 1. The van der Waals surface area contributed by atoms with Crippen molar-refractivity contribution in [3.8, 4) is 16.9 Å². The van der Waals surface area contributed by atoms with Gasteiger partial charge >= 0.3 is 0 Å². The Morgan fingerprint density at radius 1 is 1.17 bits per heavy atom. The summed E-state index contributed by atoms with van der Waals surface area (Å²) < 4.78 is 7.06. The van der Waals surface area contributed by atoms with E-state index in [4.69, 9.17) is 10.5 Å². The number of para-hydroxylation sites is 1. The summed E-state index contributed by atoms with van der Waals surface area (Å²) in [6.07, 6.45) is 1.68. The maximum atomic E-state index is 12.8. The lowest BCUT2D eigenvalue weighted by Gasteiger charge is -2.18. The summed E-state index contributed by atoms with van der Waals surface area (Å²) in [6, 6.07) is 11.3. The highest BCUT2D eigenvalue weighted by atomic mass is 16.5. The van der Waals surface area contributed by atoms with Crippen LogP contribution in [-0.2, 0) is 0 Å². The minimum atomic E-state index is -0.230. The zero-order valence-electron chi connectivity index (χ0n) is 13.4. The summed E-state index contributed by atoms with van der Waals surface area (Å²) in [5, 5.41) is 0.836. The number of methoxy groups -OCH3 is 1. The summed E-state index contributed by atoms with van der Waals surface area (Å²) in [5.74, 6) is 0.672. The van der Waals surface area contributed by atoms with Gasteiger partial charge in [-0.3, -0.25) is 9.36 Å². The van der Waals surface area contributed by atoms with E-state index in [1.165, 1.54) is 0 Å². The van der Waals surface area contributed by atoms with Crippen LogP contribution in [0.25, 0.3) is 22.2 Å². The van der Waals surface area contributed by atoms with Gasteiger partial charge in [0.05, 0.1) is 7.11 Å². The van der Waals surface area contributed by atoms with E-state index in [1.54, 1.807) is 17.9 Å². The third-order valence-electron chi connectivity index (χ3n) is 3.90. The fourth-order valence-corrected chi connectivity index (χ4v) is 2.88. The third-order valence-corrected chi connectivity index (χ3v) is 3.90. The molecule has 0 aliphatic carbocycles. The molecule has 5 nitrogen and oxygen atoms in total. The van der Waals surface area contributed by atoms with E-state index in [-0.39, 0.29) is 17.3 Å². The lowest BCUT2D eigenvalue weighted by Crippen LogP contribution is -2.26. The molecular formula is C18H19N3O2. The van der Waals surface area contributed by atoms with Crippen molar-refractivity contribution in [3.63, 3.8) is 0 Å². The van der Waals surface area contributed by atoms with Gasteiger partial charge in [0, 0.05) is 28.8 Å². The molecule has 2 heterocycles. The third kappa shape index (κ3) is 2.34. The van der Waals surface area contributed by atoms with Gasteiger partial charge in [-0.15, -0.1) is 0 Å². The van der Waals surface area contributed by atoms with Crippen molar-refractivity contribution in [1.82, 2.24) is 9.55 Å². The number of fused-ring (bicyclic) bond motifs is 1. The highest BCUT2D eigenvalue weighted by molar-refractivity contribution is 6.00. The molecule has 2 aromatic heterocycles. The predicted octanol–water partition coefficient (Wildman–Crippen LogP) is 3.24. The van der Waals surface area contributed by atoms with Gasteiger partial charge in [0.15, 0.2) is 0 Å². The van der Waals surface area contributed by atoms with Crippen LogP contribution in [0.5, 0.6) is 5.75 Å². The van der Waals surface area contributed by atoms with Crippen LogP contribution in [0, 0.1) is 0 Å². The normalized spacial score (nSPS) is 11.1. The first kappa shape index (κ1) is 15.1. The molecule has 23 heavy (non-hydrogen) atoms. The largest absolute Gasteiger partial charge is 0.496 e. The van der Waals surface area contributed by atoms with Gasteiger partial charge in [-0.2, -0.15) is 0 Å². The van der Waals surface area contributed by atoms with Crippen LogP contribution >= 0.6 is 0 Å². The quantitative estimate of drug-likeness (QED) is 0.806. The standard InChI is InChI=1S/C18H19N3O2/c1-11(2)21-17-13(8-6-10-20-17)15(16(19)18(21)22)12-7-4-5-9-14(12)23-3/h4-11H,19H2,1-3H3. The van der Waals surface area contributed by atoms with Crippen LogP contribution in [-0.4, -0.2) is 16.7 Å². The van der Waals surface area contributed by atoms with Crippen molar-refractivity contribution in [1.29, 1.82) is 0 Å². The van der Waals surface area contributed by atoms with Gasteiger partial charge in [-0.05, 0) is 32.0 Å². The van der Waals surface area contributed by atoms with Crippen molar-refractivity contribution < 1.29 is 4.74 Å². The van der Waals surface area contributed by atoms with Crippen LogP contribution < -0.4 is 16.0 Å². The van der Waals surface area contributed by atoms with Crippen LogP contribution in [0.15, 0.2) is 47.4 Å². The molecule has 3 rings (SSSR count). The Labute approximate surface area is 134 Å². The molecule has 118 valence electrons. The smallest absolute Gasteiger partial charge is 0.276 e. The molecule has 5 heteroatoms. The lowest BCUT2D eigenvalue weighted by atomic mass is 9.99. The number of nitrogen functional groups attached to an aromatic ring is 1. The molecule has 0 atom stereocenters. The number of benzene rings is 1. The molecule has 0 fully saturated rings. The van der Waals surface area contributed by atoms with Crippen LogP contribution in [0.1, 0.15) is 19.9 Å². The molecule has 0 radical (unpaired) electrons. The Kier molecular flexibility index (Phi) is 3.78. The van der Waals surface area contributed by atoms with Gasteiger partial charge in [-0.25, -0.2) is 4.98 Å². The topological polar surface area (TPSA) is 70.1 Å². The molecule has 0 saturated carbocycles. The van der Waals surface area contributed by atoms with E-state index in [2.05, 4.69) is 4.98 Å². The van der Waals surface area contributed by atoms with E-state index < -0.39 is 0 Å². The Morgan fingerprint density at radius 2 is 1.91 bits per heavy atom. The Balaban J connectivity index is 2.50. The molecule has 0 amide bonds. The van der Waals surface area contributed by atoms with Gasteiger partial charge < -0.3 is 10.5 Å². The molecule has 1 aromatic carbocycles. The Morgan fingerprint density at radius 3 is 2.61 bits per heavy atom. The summed E-state index contributed by atoms with van der Waals surface area (Å²) in [5.41, 5.74) is 8.30. The molecule has 0 unspecified atom stereocenters. The van der Waals surface area contributed by atoms with Gasteiger partial charge in [0.25, 0.3) is 5.56 Å². The van der Waals surface area contributed by atoms with Crippen molar-refractivity contribution in [2.24, 2.45) is 0 Å². The minimum absolute atomic E-state index is 0.0334. The molecule has 3 aromatic rings. The summed E-state index contributed by atoms with van der Waals surface area (Å²) >= 11 is 0. The highest BCUT2D eigenvalue weighted by Gasteiger charge is 2.20. The van der Waals surface area contributed by atoms with E-state index in [9.17, 15) is 4.79 Å². The van der Waals surface area contributed by atoms with Crippen molar-refractivity contribution in [3.05, 3.63) is 52.9 Å². The summed E-state index contributed by atoms with van der Waals surface area (Å²) in [6.45, 7) is 3.88. The van der Waals surface area contributed by atoms with E-state index in [0.29, 0.717) is 17.0 Å². The second kappa shape index (κ2) is 5.76. The number of hydrogen-bond donors (Lipinski definition) is 1. The number of nitrogens with two attached hydrogens (primary N) is 1. The number of nitrogens with zero attached hydrogens (tertiary/aromatic N) is 2. The van der Waals surface area contributed by atoms with Crippen LogP contribution in [0.2, 0.25) is 0 Å². The predicted molar refractivity (Wildman–Crippen MR) is 92.8 cm³/mol. The van der Waals surface area contributed by atoms with Gasteiger partial charge in [0.2, 0.25) is 0 Å². The van der Waals surface area contributed by atoms with Crippen molar-refractivity contribution in [2.45, 2.75) is 19.9 Å². The first-order valence-electron chi connectivity index (χ1n) is 7.48. The van der Waals surface area contributed by atoms with Gasteiger partial charge in [-0.1, -0.05) is 18.2 Å². The fourth-order valence-electron chi connectivity index (χ4n) is 2.88. The van der Waals surface area contributed by atoms with Crippen LogP contribution in [0.4, 0.5) is 5.69 Å². The second-order valence-corrected chi connectivity index (χ2v) is 5.63. The monoisotopic (exact) mass is 309 g/mol. The lowest BCUT2D eigenvalue weighted by molar-refractivity contribution is 0.416. The second-order valence-electron chi connectivity index (χ2n) is 5.63. The molecule has 2 N–H and O–H groups in total. The number of ether oxygens (including phenoxy) is 1. The first-order valence-corrected chi connectivity index (χ1v) is 7.48. The summed E-state index contributed by atoms with van der Waals surface area (Å²) in [7, 11) is 1.60. The average Bonchev–Trinajstić information content (AvgIpc) is 2.56. The maximum absolute atomic E-state index is 12.8. The Hall–Kier alpha value is -2.82. The van der Waals surface area contributed by atoms with Crippen molar-refractivity contribution >= 4 is 16.7 Å². The zero-order valence-corrected chi connectivity index (χ0v) is 13.4. The number of aromatic nitrogens is 2. The molecule has 0 aliphatic rings. The molecule has 0 bridgehead atoms. The summed E-state index contributed by atoms with van der Waals surface area (Å²) in [4.78, 5) is 17.2. The molecule has 0 spiro atoms. The number of pyridine rings is 2. The fraction of sp³-hybridized carbons (Fsp3) is 0.222. The van der Waals surface area contributed by atoms with Gasteiger partial charge in [0.1, 0.15) is 17.1 Å². The molecule has 0 aliphatic heterocycles. The average molecular weight is 309 g/mol. The zero-order chi connectivity index (χ0) is 16.6. The molecule has 0 saturated heterocycles. The number of hydrogen-bond acceptors (Lipinski definition) is 4. The first-order chi connectivity index (χ1) is 11.1. The maximum Gasteiger partial charge on any atom is 0.276 e.